The monoisotopic (exact) mass is 1560 g/mol. The number of nitrogens with zero attached hydrogens (tertiary/aromatic N) is 9. The van der Waals surface area contributed by atoms with Crippen molar-refractivity contribution in [1.82, 2.24) is 44.9 Å². The fraction of sp³-hybridized carbons (Fsp3) is 0.232. The molecular weight excluding hydrogens is 1460 g/mol. The molecule has 0 saturated heterocycles. The van der Waals surface area contributed by atoms with Crippen LogP contribution in [0, 0.1) is 61.3 Å². The molecule has 117 heavy (non-hydrogen) atoms. The van der Waals surface area contributed by atoms with Gasteiger partial charge in [0.15, 0.2) is 64.3 Å². The number of aliphatic hydroxyl groups is 2. The molecule has 594 valence electrons. The van der Waals surface area contributed by atoms with Crippen LogP contribution in [-0.4, -0.2) is 108 Å². The van der Waals surface area contributed by atoms with Crippen LogP contribution in [0.15, 0.2) is 237 Å². The highest BCUT2D eigenvalue weighted by Gasteiger charge is 2.23. The molecule has 3 heterocycles. The van der Waals surface area contributed by atoms with Crippen LogP contribution >= 0.6 is 0 Å². The summed E-state index contributed by atoms with van der Waals surface area (Å²) in [5.74, 6) is 5.42. The Bertz CT molecular complexity index is 5550. The molecule has 3 unspecified atom stereocenters. The molecule has 18 heteroatoms. The summed E-state index contributed by atoms with van der Waals surface area (Å²) < 4.78 is 17.2. The molecule has 0 fully saturated rings. The number of hydrogen-bond acceptors (Lipinski definition) is 18. The van der Waals surface area contributed by atoms with Crippen molar-refractivity contribution in [3.63, 3.8) is 0 Å². The number of aliphatic hydroxyl groups excluding tert-OH is 2. The minimum Gasteiger partial charge on any atom is -0.507 e. The molecule has 14 aromatic rings. The molecule has 5 N–H and O–H groups in total. The predicted molar refractivity (Wildman–Crippen MR) is 464 cm³/mol. The van der Waals surface area contributed by atoms with Gasteiger partial charge in [-0.25, -0.2) is 44.9 Å². The van der Waals surface area contributed by atoms with Crippen molar-refractivity contribution >= 4 is 5.78 Å². The fourth-order valence-electron chi connectivity index (χ4n) is 13.6. The van der Waals surface area contributed by atoms with Crippen LogP contribution in [-0.2, 0) is 16.1 Å². The van der Waals surface area contributed by atoms with E-state index in [-0.39, 0.29) is 42.9 Å². The van der Waals surface area contributed by atoms with Gasteiger partial charge >= 0.3 is 0 Å². The Morgan fingerprint density at radius 2 is 0.701 bits per heavy atom. The number of phenols is 3. The van der Waals surface area contributed by atoms with Crippen molar-refractivity contribution in [2.75, 3.05) is 19.8 Å². The van der Waals surface area contributed by atoms with Crippen LogP contribution in [0.5, 0.6) is 28.7 Å². The number of rotatable bonds is 26. The predicted octanol–water partition coefficient (Wildman–Crippen LogP) is 21.4. The molecule has 0 amide bonds. The molecule has 3 atom stereocenters. The summed E-state index contributed by atoms with van der Waals surface area (Å²) in [6, 6.07) is 76.0. The van der Waals surface area contributed by atoms with Crippen molar-refractivity contribution in [2.45, 2.75) is 128 Å². The van der Waals surface area contributed by atoms with E-state index in [1.54, 1.807) is 43.3 Å². The van der Waals surface area contributed by atoms with Gasteiger partial charge in [-0.3, -0.25) is 4.79 Å². The fourth-order valence-corrected chi connectivity index (χ4v) is 13.6. The zero-order chi connectivity index (χ0) is 82.8. The van der Waals surface area contributed by atoms with Crippen molar-refractivity contribution in [1.29, 1.82) is 0 Å². The average molecular weight is 1560 g/mol. The zero-order valence-corrected chi connectivity index (χ0v) is 68.3. The summed E-state index contributed by atoms with van der Waals surface area (Å²) >= 11 is 0. The number of benzene rings is 11. The van der Waals surface area contributed by atoms with Crippen molar-refractivity contribution in [3.05, 3.63) is 287 Å². The standard InChI is InChI=1S/C37H29N3O3.C36H45N3O4.C26H25N3O2/c1-24(41)25(2)43-32-21-22-33(34(42)23-32)37-39-35(30-17-13-28(14-18-30)26-9-5-3-6-10-26)38-36(40-37)31-19-15-29(16-20-31)27-11-7-4-8-12-27;1-7-9-10-27(8-2)20-42-21-28(40)22-43-29-13-16-32(33(41)19-29)36-38-34(30-14-11-23(3)17-25(30)5)37-35(39-36)31-15-12-24(4)18-26(31)6;1-15-5-8-20(17(3)11-15)24-27-25(21-9-6-16(2)12-18(21)4)29-26(28-24)22-10-7-19(14-30)13-23(22)31/h3-23,25,42H,1-2H3;11-19,27-28,40-41H,7-10,20-22H2,1-6H3;5-13,30-31H,14H2,1-4H3. The topological polar surface area (TPSA) is 262 Å². The van der Waals surface area contributed by atoms with Crippen LogP contribution in [0.3, 0.4) is 0 Å². The third-order valence-corrected chi connectivity index (χ3v) is 20.3. The van der Waals surface area contributed by atoms with Crippen molar-refractivity contribution < 1.29 is 44.5 Å². The lowest BCUT2D eigenvalue weighted by atomic mass is 10.0. The minimum absolute atomic E-state index is 0.0192. The quantitative estimate of drug-likeness (QED) is 0.0337. The second kappa shape index (κ2) is 38.9. The van der Waals surface area contributed by atoms with E-state index < -0.39 is 12.2 Å². The molecule has 0 radical (unpaired) electrons. The lowest BCUT2D eigenvalue weighted by molar-refractivity contribution is -0.122. The largest absolute Gasteiger partial charge is 0.507 e. The minimum atomic E-state index is -0.769. The second-order valence-corrected chi connectivity index (χ2v) is 29.7. The number of hydrogen-bond donors (Lipinski definition) is 5. The van der Waals surface area contributed by atoms with Gasteiger partial charge in [0.05, 0.1) is 29.9 Å². The maximum absolute atomic E-state index is 11.7. The highest BCUT2D eigenvalue weighted by molar-refractivity contribution is 5.81. The van der Waals surface area contributed by atoms with Gasteiger partial charge in [-0.1, -0.05) is 243 Å². The van der Waals surface area contributed by atoms with Gasteiger partial charge < -0.3 is 39.7 Å². The van der Waals surface area contributed by atoms with Gasteiger partial charge in [-0.15, -0.1) is 0 Å². The van der Waals surface area contributed by atoms with E-state index in [1.165, 1.54) is 49.1 Å². The summed E-state index contributed by atoms with van der Waals surface area (Å²) in [6.07, 6.45) is 3.18. The number of aromatic nitrogens is 9. The Balaban J connectivity index is 0.000000164. The van der Waals surface area contributed by atoms with Crippen molar-refractivity contribution in [2.24, 2.45) is 5.92 Å². The number of carbonyl (C=O) groups is 1. The maximum atomic E-state index is 11.7. The molecule has 0 aliphatic heterocycles. The Morgan fingerprint density at radius 1 is 0.368 bits per heavy atom. The number of aromatic hydroxyl groups is 3. The first-order valence-electron chi connectivity index (χ1n) is 39.5. The Kier molecular flexibility index (Phi) is 27.7. The van der Waals surface area contributed by atoms with Gasteiger partial charge in [0.25, 0.3) is 0 Å². The van der Waals surface area contributed by atoms with E-state index in [9.17, 15) is 30.3 Å². The average Bonchev–Trinajstić information content (AvgIpc) is 0.792. The lowest BCUT2D eigenvalue weighted by Gasteiger charge is -2.17. The van der Waals surface area contributed by atoms with Gasteiger partial charge in [0.1, 0.15) is 41.5 Å². The van der Waals surface area contributed by atoms with E-state index in [0.29, 0.717) is 98.7 Å². The smallest absolute Gasteiger partial charge is 0.169 e. The molecule has 0 aliphatic rings. The number of Topliss-reactive ketones (excluding diaryl/α,β-unsaturated/α-hetero) is 1. The van der Waals surface area contributed by atoms with E-state index >= 15 is 0 Å². The Labute approximate surface area is 684 Å². The highest BCUT2D eigenvalue weighted by Crippen LogP contribution is 2.39. The molecular formula is C99H99N9O9. The number of ether oxygens (including phenoxy) is 3. The third kappa shape index (κ3) is 21.5. The van der Waals surface area contributed by atoms with Gasteiger partial charge in [-0.2, -0.15) is 0 Å². The SMILES string of the molecule is CC(=O)C(C)Oc1ccc(-c2nc(-c3ccc(-c4ccccc4)cc3)nc(-c3ccc(-c4ccccc4)cc3)n2)c(O)c1.CCCCC(CC)COCC(O)COc1ccc(-c2nc(-c3ccc(C)cc3C)nc(-c3ccc(C)cc3C)n2)c(O)c1.Cc1ccc(-c2nc(-c3ccc(C)cc3C)nc(-c3ccc(CO)cc3O)n2)c(C)c1. The summed E-state index contributed by atoms with van der Waals surface area (Å²) in [4.78, 5) is 54.7. The number of ketones is 1. The summed E-state index contributed by atoms with van der Waals surface area (Å²) in [5.41, 5.74) is 20.7. The molecule has 0 saturated carbocycles. The first-order valence-corrected chi connectivity index (χ1v) is 39.5. The summed E-state index contributed by atoms with van der Waals surface area (Å²) in [5, 5.41) is 52.3. The number of phenolic OH excluding ortho intramolecular Hbond substituents is 3. The summed E-state index contributed by atoms with van der Waals surface area (Å²) in [6.45, 7) is 24.6. The highest BCUT2D eigenvalue weighted by atomic mass is 16.5. The number of unbranched alkanes of at least 4 members (excludes halogenated alkanes) is 1. The van der Waals surface area contributed by atoms with Gasteiger partial charge in [0.2, 0.25) is 0 Å². The third-order valence-electron chi connectivity index (χ3n) is 20.3. The maximum Gasteiger partial charge on any atom is 0.169 e. The first kappa shape index (κ1) is 83.4. The Morgan fingerprint density at radius 3 is 1.06 bits per heavy atom. The lowest BCUT2D eigenvalue weighted by Crippen LogP contribution is -2.25. The van der Waals surface area contributed by atoms with Crippen LogP contribution in [0.1, 0.15) is 103 Å². The molecule has 3 aromatic heterocycles. The van der Waals surface area contributed by atoms with Gasteiger partial charge in [-0.05, 0) is 168 Å². The molecule has 11 aromatic carbocycles. The summed E-state index contributed by atoms with van der Waals surface area (Å²) in [7, 11) is 0. The molecule has 0 bridgehead atoms. The van der Waals surface area contributed by atoms with Crippen LogP contribution in [0.4, 0.5) is 0 Å². The molecule has 0 spiro atoms. The van der Waals surface area contributed by atoms with Crippen LogP contribution in [0.2, 0.25) is 0 Å². The normalized spacial score (nSPS) is 11.8. The van der Waals surface area contributed by atoms with Crippen molar-refractivity contribution in [3.8, 4) is 153 Å². The molecule has 14 rings (SSSR count). The zero-order valence-electron chi connectivity index (χ0n) is 68.3. The second-order valence-electron chi connectivity index (χ2n) is 29.7. The van der Waals surface area contributed by atoms with Gasteiger partial charge in [0, 0.05) is 52.1 Å². The number of carbonyl (C=O) groups excluding carboxylic acids is 1. The van der Waals surface area contributed by atoms with E-state index in [1.807, 2.05) is 161 Å². The Hall–Kier alpha value is -13.0. The first-order chi connectivity index (χ1) is 56.5. The molecule has 0 aliphatic carbocycles. The van der Waals surface area contributed by atoms with Crippen LogP contribution < -0.4 is 9.47 Å². The van der Waals surface area contributed by atoms with E-state index in [2.05, 4.69) is 90.1 Å². The number of aryl methyl sites for hydroxylation is 8. The van der Waals surface area contributed by atoms with E-state index in [4.69, 9.17) is 59.1 Å². The van der Waals surface area contributed by atoms with Crippen LogP contribution in [0.25, 0.3) is 125 Å². The van der Waals surface area contributed by atoms with E-state index in [0.717, 1.165) is 102 Å². The molecule has 18 nitrogen and oxygen atoms in total.